The average molecular weight is 172 g/mol. The first kappa shape index (κ1) is 8.30. The van der Waals surface area contributed by atoms with E-state index >= 15 is 0 Å². The highest BCUT2D eigenvalue weighted by Crippen LogP contribution is 2.16. The van der Waals surface area contributed by atoms with Gasteiger partial charge in [-0.25, -0.2) is 0 Å². The van der Waals surface area contributed by atoms with Crippen LogP contribution in [0.3, 0.4) is 0 Å². The van der Waals surface area contributed by atoms with E-state index in [0.717, 1.165) is 5.69 Å². The van der Waals surface area contributed by atoms with Gasteiger partial charge in [0.05, 0.1) is 22.6 Å². The molecular formula is C7H10ClN3. The predicted molar refractivity (Wildman–Crippen MR) is 46.4 cm³/mol. The topological polar surface area (TPSA) is 64.9 Å². The highest BCUT2D eigenvalue weighted by Gasteiger charge is 1.99. The quantitative estimate of drug-likeness (QED) is 0.693. The number of nitrogen functional groups attached to an aromatic ring is 1. The van der Waals surface area contributed by atoms with Crippen LogP contribution in [0.5, 0.6) is 0 Å². The van der Waals surface area contributed by atoms with Crippen LogP contribution in [-0.4, -0.2) is 11.5 Å². The van der Waals surface area contributed by atoms with Crippen molar-refractivity contribution < 1.29 is 0 Å². The fourth-order valence-corrected chi connectivity index (χ4v) is 1.07. The molecule has 0 saturated carbocycles. The van der Waals surface area contributed by atoms with Gasteiger partial charge in [-0.3, -0.25) is 4.98 Å². The fourth-order valence-electron chi connectivity index (χ4n) is 0.802. The summed E-state index contributed by atoms with van der Waals surface area (Å²) in [7, 11) is 0. The van der Waals surface area contributed by atoms with Crippen molar-refractivity contribution in [3.63, 3.8) is 0 Å². The highest BCUT2D eigenvalue weighted by atomic mass is 35.5. The number of halogens is 1. The minimum absolute atomic E-state index is 0.552. The summed E-state index contributed by atoms with van der Waals surface area (Å²) >= 11 is 5.81. The molecule has 0 aliphatic heterocycles. The summed E-state index contributed by atoms with van der Waals surface area (Å²) in [5, 5.41) is 0.593. The molecule has 4 heteroatoms. The molecule has 0 unspecified atom stereocenters. The lowest BCUT2D eigenvalue weighted by molar-refractivity contribution is 0.924. The van der Waals surface area contributed by atoms with Crippen molar-refractivity contribution in [3.05, 3.63) is 23.0 Å². The third kappa shape index (κ3) is 2.06. The van der Waals surface area contributed by atoms with Gasteiger partial charge in [-0.2, -0.15) is 0 Å². The van der Waals surface area contributed by atoms with E-state index in [-0.39, 0.29) is 0 Å². The van der Waals surface area contributed by atoms with Crippen LogP contribution in [0.25, 0.3) is 0 Å². The van der Waals surface area contributed by atoms with Crippen LogP contribution < -0.4 is 11.5 Å². The Balaban J connectivity index is 2.90. The zero-order valence-electron chi connectivity index (χ0n) is 6.05. The predicted octanol–water partition coefficient (Wildman–Crippen LogP) is 0.818. The molecule has 0 aromatic carbocycles. The molecule has 1 heterocycles. The Morgan fingerprint density at radius 2 is 2.27 bits per heavy atom. The number of aromatic nitrogens is 1. The molecular weight excluding hydrogens is 162 g/mol. The Bertz CT molecular complexity index is 249. The highest BCUT2D eigenvalue weighted by molar-refractivity contribution is 6.31. The van der Waals surface area contributed by atoms with Crippen molar-refractivity contribution in [1.82, 2.24) is 4.98 Å². The molecule has 3 nitrogen and oxygen atoms in total. The van der Waals surface area contributed by atoms with E-state index in [1.807, 2.05) is 0 Å². The maximum Gasteiger partial charge on any atom is 0.0642 e. The van der Waals surface area contributed by atoms with Crippen LogP contribution in [0.15, 0.2) is 12.3 Å². The summed E-state index contributed by atoms with van der Waals surface area (Å²) in [5.41, 5.74) is 12.2. The number of rotatable bonds is 2. The molecule has 0 fully saturated rings. The molecule has 0 radical (unpaired) electrons. The van der Waals surface area contributed by atoms with Crippen LogP contribution >= 0.6 is 11.6 Å². The van der Waals surface area contributed by atoms with Crippen LogP contribution in [-0.2, 0) is 6.42 Å². The van der Waals surface area contributed by atoms with E-state index in [0.29, 0.717) is 23.7 Å². The summed E-state index contributed by atoms with van der Waals surface area (Å²) in [6, 6.07) is 1.68. The minimum atomic E-state index is 0.552. The zero-order valence-corrected chi connectivity index (χ0v) is 6.80. The largest absolute Gasteiger partial charge is 0.397 e. The smallest absolute Gasteiger partial charge is 0.0642 e. The monoisotopic (exact) mass is 171 g/mol. The van der Waals surface area contributed by atoms with E-state index < -0.39 is 0 Å². The number of hydrogen-bond donors (Lipinski definition) is 2. The van der Waals surface area contributed by atoms with Crippen LogP contribution in [0.4, 0.5) is 5.69 Å². The fraction of sp³-hybridized carbons (Fsp3) is 0.286. The van der Waals surface area contributed by atoms with Gasteiger partial charge >= 0.3 is 0 Å². The van der Waals surface area contributed by atoms with Crippen molar-refractivity contribution in [2.75, 3.05) is 12.3 Å². The van der Waals surface area contributed by atoms with E-state index in [4.69, 9.17) is 23.1 Å². The van der Waals surface area contributed by atoms with Crippen molar-refractivity contribution in [1.29, 1.82) is 0 Å². The normalized spacial score (nSPS) is 10.0. The maximum atomic E-state index is 5.81. The van der Waals surface area contributed by atoms with E-state index in [1.54, 1.807) is 12.3 Å². The lowest BCUT2D eigenvalue weighted by atomic mass is 10.2. The van der Waals surface area contributed by atoms with Gasteiger partial charge in [-0.15, -0.1) is 0 Å². The zero-order chi connectivity index (χ0) is 8.27. The maximum absolute atomic E-state index is 5.81. The second-order valence-corrected chi connectivity index (χ2v) is 2.64. The molecule has 1 aromatic heterocycles. The van der Waals surface area contributed by atoms with Gasteiger partial charge in [-0.05, 0) is 12.6 Å². The number of nitrogens with two attached hydrogens (primary N) is 2. The van der Waals surface area contributed by atoms with E-state index in [1.165, 1.54) is 0 Å². The Morgan fingerprint density at radius 1 is 1.55 bits per heavy atom. The molecule has 0 saturated heterocycles. The van der Waals surface area contributed by atoms with Gasteiger partial charge in [0, 0.05) is 6.42 Å². The molecule has 0 aliphatic carbocycles. The third-order valence-electron chi connectivity index (χ3n) is 1.32. The van der Waals surface area contributed by atoms with Gasteiger partial charge in [0.1, 0.15) is 0 Å². The van der Waals surface area contributed by atoms with Crippen molar-refractivity contribution in [3.8, 4) is 0 Å². The number of anilines is 1. The SMILES string of the molecule is NCCc1ncc(N)cc1Cl. The molecule has 1 rings (SSSR count). The van der Waals surface area contributed by atoms with Gasteiger partial charge in [0.25, 0.3) is 0 Å². The van der Waals surface area contributed by atoms with E-state index in [9.17, 15) is 0 Å². The first-order chi connectivity index (χ1) is 5.24. The van der Waals surface area contributed by atoms with Gasteiger partial charge in [0.15, 0.2) is 0 Å². The van der Waals surface area contributed by atoms with Crippen LogP contribution in [0, 0.1) is 0 Å². The standard InChI is InChI=1S/C7H10ClN3/c8-6-3-5(10)4-11-7(6)1-2-9/h3-4H,1-2,9-10H2. The van der Waals surface area contributed by atoms with E-state index in [2.05, 4.69) is 4.98 Å². The molecule has 1 aromatic rings. The third-order valence-corrected chi connectivity index (χ3v) is 1.65. The summed E-state index contributed by atoms with van der Waals surface area (Å²) in [6.07, 6.45) is 2.27. The van der Waals surface area contributed by atoms with Crippen LogP contribution in [0.1, 0.15) is 5.69 Å². The Labute approximate surface area is 70.4 Å². The molecule has 0 atom stereocenters. The van der Waals surface area contributed by atoms with Crippen molar-refractivity contribution in [2.45, 2.75) is 6.42 Å². The second kappa shape index (κ2) is 3.55. The first-order valence-electron chi connectivity index (χ1n) is 3.34. The number of hydrogen-bond acceptors (Lipinski definition) is 3. The first-order valence-corrected chi connectivity index (χ1v) is 3.72. The summed E-state index contributed by atoms with van der Waals surface area (Å²) in [6.45, 7) is 0.552. The molecule has 4 N–H and O–H groups in total. The minimum Gasteiger partial charge on any atom is -0.397 e. The molecule has 0 aliphatic rings. The van der Waals surface area contributed by atoms with Gasteiger partial charge in [-0.1, -0.05) is 11.6 Å². The number of pyridine rings is 1. The lowest BCUT2D eigenvalue weighted by Gasteiger charge is -2.00. The van der Waals surface area contributed by atoms with Crippen molar-refractivity contribution in [2.24, 2.45) is 5.73 Å². The Morgan fingerprint density at radius 3 is 2.82 bits per heavy atom. The number of nitrogens with zero attached hydrogens (tertiary/aromatic N) is 1. The molecule has 60 valence electrons. The molecule has 0 amide bonds. The van der Waals surface area contributed by atoms with Crippen LogP contribution in [0.2, 0.25) is 5.02 Å². The molecule has 11 heavy (non-hydrogen) atoms. The average Bonchev–Trinajstić information content (AvgIpc) is 1.95. The second-order valence-electron chi connectivity index (χ2n) is 2.24. The molecule has 0 bridgehead atoms. The molecule has 0 spiro atoms. The summed E-state index contributed by atoms with van der Waals surface area (Å²) in [4.78, 5) is 4.03. The lowest BCUT2D eigenvalue weighted by Crippen LogP contribution is -2.05. The summed E-state index contributed by atoms with van der Waals surface area (Å²) < 4.78 is 0. The Hall–Kier alpha value is -0.800. The van der Waals surface area contributed by atoms with Gasteiger partial charge < -0.3 is 11.5 Å². The van der Waals surface area contributed by atoms with Gasteiger partial charge in [0.2, 0.25) is 0 Å². The Kier molecular flexibility index (Phi) is 2.68. The summed E-state index contributed by atoms with van der Waals surface area (Å²) in [5.74, 6) is 0. The van der Waals surface area contributed by atoms with Crippen molar-refractivity contribution >= 4 is 17.3 Å².